The summed E-state index contributed by atoms with van der Waals surface area (Å²) in [7, 11) is 0. The number of hydrogen-bond acceptors (Lipinski definition) is 5. The van der Waals surface area contributed by atoms with Crippen LogP contribution in [0.15, 0.2) is 42.3 Å². The largest absolute Gasteiger partial charge is 0.369 e. The molecule has 2 N–H and O–H groups in total. The number of hydrogen-bond donors (Lipinski definition) is 1. The number of rotatable bonds is 6. The molecule has 0 bridgehead atoms. The number of nitrogens with two attached hydrogens (primary N) is 1. The third kappa shape index (κ3) is 3.05. The van der Waals surface area contributed by atoms with Gasteiger partial charge in [0.2, 0.25) is 5.91 Å². The summed E-state index contributed by atoms with van der Waals surface area (Å²) in [5.74, 6) is 0.333. The van der Waals surface area contributed by atoms with Crippen molar-refractivity contribution in [3.63, 3.8) is 0 Å². The third-order valence-corrected chi connectivity index (χ3v) is 3.75. The van der Waals surface area contributed by atoms with Gasteiger partial charge in [-0.05, 0) is 19.1 Å². The number of aromatic nitrogens is 4. The molecule has 1 unspecified atom stereocenters. The number of amides is 1. The number of thioether (sulfide) groups is 1. The first-order valence-corrected chi connectivity index (χ1v) is 6.92. The van der Waals surface area contributed by atoms with Crippen LogP contribution in [0.1, 0.15) is 6.92 Å². The van der Waals surface area contributed by atoms with Crippen molar-refractivity contribution in [1.82, 2.24) is 19.7 Å². The standard InChI is InChI=1S/C13H15N5OS/c1-3-8-18-12(10-4-6-15-7-5-10)16-17-13(18)20-9(2)11(14)19/h3-7,9H,1,8H2,2H3,(H2,14,19). The first-order valence-electron chi connectivity index (χ1n) is 6.04. The molecular formula is C13H15N5OS. The van der Waals surface area contributed by atoms with Crippen molar-refractivity contribution in [2.24, 2.45) is 5.73 Å². The summed E-state index contributed by atoms with van der Waals surface area (Å²) in [5.41, 5.74) is 6.19. The normalized spacial score (nSPS) is 12.1. The van der Waals surface area contributed by atoms with Gasteiger partial charge in [0.1, 0.15) is 0 Å². The Bertz CT molecular complexity index is 610. The molecule has 0 saturated carbocycles. The lowest BCUT2D eigenvalue weighted by Gasteiger charge is -2.09. The van der Waals surface area contributed by atoms with E-state index in [9.17, 15) is 4.79 Å². The second kappa shape index (κ2) is 6.33. The first-order chi connectivity index (χ1) is 9.63. The number of nitrogens with zero attached hydrogens (tertiary/aromatic N) is 4. The summed E-state index contributed by atoms with van der Waals surface area (Å²) in [6.07, 6.45) is 5.15. The van der Waals surface area contributed by atoms with Crippen LogP contribution >= 0.6 is 11.8 Å². The van der Waals surface area contributed by atoms with E-state index in [1.807, 2.05) is 16.7 Å². The lowest BCUT2D eigenvalue weighted by atomic mass is 10.2. The zero-order chi connectivity index (χ0) is 14.5. The van der Waals surface area contributed by atoms with E-state index >= 15 is 0 Å². The van der Waals surface area contributed by atoms with Crippen molar-refractivity contribution in [3.05, 3.63) is 37.2 Å². The van der Waals surface area contributed by atoms with Gasteiger partial charge in [-0.15, -0.1) is 16.8 Å². The molecule has 20 heavy (non-hydrogen) atoms. The Morgan fingerprint density at radius 1 is 1.50 bits per heavy atom. The highest BCUT2D eigenvalue weighted by Crippen LogP contribution is 2.26. The maximum absolute atomic E-state index is 11.2. The summed E-state index contributed by atoms with van der Waals surface area (Å²) < 4.78 is 1.90. The van der Waals surface area contributed by atoms with Gasteiger partial charge in [0.25, 0.3) is 0 Å². The van der Waals surface area contributed by atoms with Crippen LogP contribution < -0.4 is 5.73 Å². The molecule has 0 aliphatic rings. The molecule has 0 aromatic carbocycles. The van der Waals surface area contributed by atoms with Gasteiger partial charge in [0.05, 0.1) is 5.25 Å². The molecule has 7 heteroatoms. The first kappa shape index (κ1) is 14.3. The Balaban J connectivity index is 2.37. The molecule has 0 fully saturated rings. The van der Waals surface area contributed by atoms with Crippen molar-refractivity contribution in [2.75, 3.05) is 0 Å². The van der Waals surface area contributed by atoms with Gasteiger partial charge in [-0.25, -0.2) is 0 Å². The molecular weight excluding hydrogens is 274 g/mol. The van der Waals surface area contributed by atoms with Gasteiger partial charge in [-0.1, -0.05) is 17.8 Å². The van der Waals surface area contributed by atoms with E-state index in [-0.39, 0.29) is 11.2 Å². The molecule has 2 aromatic rings. The van der Waals surface area contributed by atoms with E-state index in [1.54, 1.807) is 25.4 Å². The summed E-state index contributed by atoms with van der Waals surface area (Å²) in [5, 5.41) is 8.59. The summed E-state index contributed by atoms with van der Waals surface area (Å²) in [6.45, 7) is 6.03. The highest BCUT2D eigenvalue weighted by molar-refractivity contribution is 8.00. The molecule has 0 radical (unpaired) electrons. The Morgan fingerprint density at radius 2 is 2.20 bits per heavy atom. The average molecular weight is 289 g/mol. The van der Waals surface area contributed by atoms with E-state index in [2.05, 4.69) is 21.8 Å². The number of primary amides is 1. The highest BCUT2D eigenvalue weighted by Gasteiger charge is 2.18. The van der Waals surface area contributed by atoms with E-state index in [1.165, 1.54) is 11.8 Å². The molecule has 2 rings (SSSR count). The number of carbonyl (C=O) groups is 1. The fraction of sp³-hybridized carbons (Fsp3) is 0.231. The van der Waals surface area contributed by atoms with E-state index in [0.717, 1.165) is 5.56 Å². The van der Waals surface area contributed by atoms with Gasteiger partial charge >= 0.3 is 0 Å². The average Bonchev–Trinajstić information content (AvgIpc) is 2.83. The van der Waals surface area contributed by atoms with Crippen LogP contribution in [0, 0.1) is 0 Å². The topological polar surface area (TPSA) is 86.7 Å². The predicted molar refractivity (Wildman–Crippen MR) is 78.0 cm³/mol. The van der Waals surface area contributed by atoms with Gasteiger partial charge in [0.15, 0.2) is 11.0 Å². The van der Waals surface area contributed by atoms with Crippen LogP contribution in [-0.4, -0.2) is 30.9 Å². The van der Waals surface area contributed by atoms with Gasteiger partial charge < -0.3 is 5.73 Å². The summed E-state index contributed by atoms with van der Waals surface area (Å²) in [4.78, 5) is 15.1. The molecule has 104 valence electrons. The van der Waals surface area contributed by atoms with E-state index in [0.29, 0.717) is 17.5 Å². The monoisotopic (exact) mass is 289 g/mol. The van der Waals surface area contributed by atoms with Crippen molar-refractivity contribution in [1.29, 1.82) is 0 Å². The van der Waals surface area contributed by atoms with Crippen LogP contribution in [-0.2, 0) is 11.3 Å². The van der Waals surface area contributed by atoms with Crippen LogP contribution in [0.5, 0.6) is 0 Å². The number of carbonyl (C=O) groups excluding carboxylic acids is 1. The van der Waals surface area contributed by atoms with Crippen molar-refractivity contribution >= 4 is 17.7 Å². The lowest BCUT2D eigenvalue weighted by molar-refractivity contribution is -0.117. The predicted octanol–water partition coefficient (Wildman–Crippen LogP) is 1.49. The number of pyridine rings is 1. The minimum absolute atomic E-state index is 0.368. The maximum atomic E-state index is 11.2. The van der Waals surface area contributed by atoms with E-state index in [4.69, 9.17) is 5.73 Å². The fourth-order valence-corrected chi connectivity index (χ4v) is 2.41. The second-order valence-corrected chi connectivity index (χ2v) is 5.41. The van der Waals surface area contributed by atoms with Crippen molar-refractivity contribution in [3.8, 4) is 11.4 Å². The molecule has 2 aromatic heterocycles. The van der Waals surface area contributed by atoms with Gasteiger partial charge in [-0.3, -0.25) is 14.3 Å². The molecule has 0 aliphatic carbocycles. The van der Waals surface area contributed by atoms with Crippen LogP contribution in [0.4, 0.5) is 0 Å². The van der Waals surface area contributed by atoms with Crippen LogP contribution in [0.3, 0.4) is 0 Å². The highest BCUT2D eigenvalue weighted by atomic mass is 32.2. The van der Waals surface area contributed by atoms with E-state index < -0.39 is 0 Å². The van der Waals surface area contributed by atoms with Crippen molar-refractivity contribution < 1.29 is 4.79 Å². The maximum Gasteiger partial charge on any atom is 0.230 e. The molecule has 0 saturated heterocycles. The smallest absolute Gasteiger partial charge is 0.230 e. The molecule has 2 heterocycles. The Hall–Kier alpha value is -2.15. The van der Waals surface area contributed by atoms with Gasteiger partial charge in [-0.2, -0.15) is 0 Å². The van der Waals surface area contributed by atoms with Crippen molar-refractivity contribution in [2.45, 2.75) is 23.9 Å². The Kier molecular flexibility index (Phi) is 4.52. The minimum Gasteiger partial charge on any atom is -0.369 e. The molecule has 1 atom stereocenters. The second-order valence-electron chi connectivity index (χ2n) is 4.10. The molecule has 0 spiro atoms. The zero-order valence-corrected chi connectivity index (χ0v) is 11.9. The Morgan fingerprint density at radius 3 is 2.80 bits per heavy atom. The molecule has 0 aliphatic heterocycles. The third-order valence-electron chi connectivity index (χ3n) is 2.65. The zero-order valence-electron chi connectivity index (χ0n) is 11.1. The lowest BCUT2D eigenvalue weighted by Crippen LogP contribution is -2.23. The summed E-state index contributed by atoms with van der Waals surface area (Å²) >= 11 is 1.29. The van der Waals surface area contributed by atoms with Gasteiger partial charge in [0, 0.05) is 24.5 Å². The molecule has 6 nitrogen and oxygen atoms in total. The quantitative estimate of drug-likeness (QED) is 0.643. The SMILES string of the molecule is C=CCn1c(SC(C)C(N)=O)nnc1-c1ccncc1. The van der Waals surface area contributed by atoms with Crippen LogP contribution in [0.25, 0.3) is 11.4 Å². The summed E-state index contributed by atoms with van der Waals surface area (Å²) in [6, 6.07) is 3.71. The minimum atomic E-state index is -0.381. The Labute approximate surface area is 121 Å². The molecule has 1 amide bonds. The van der Waals surface area contributed by atoms with Crippen LogP contribution in [0.2, 0.25) is 0 Å². The fourth-order valence-electron chi connectivity index (χ4n) is 1.60. The number of allylic oxidation sites excluding steroid dienone is 1.